The fourth-order valence-electron chi connectivity index (χ4n) is 5.54. The van der Waals surface area contributed by atoms with Gasteiger partial charge < -0.3 is 10.4 Å². The van der Waals surface area contributed by atoms with Crippen molar-refractivity contribution >= 4 is 29.0 Å². The Morgan fingerprint density at radius 3 is 2.58 bits per heavy atom. The maximum Gasteiger partial charge on any atom is 0.125 e. The highest BCUT2D eigenvalue weighted by Crippen LogP contribution is 2.51. The van der Waals surface area contributed by atoms with E-state index in [1.54, 1.807) is 12.3 Å². The fraction of sp³-hybridized carbons (Fsp3) is 0.400. The van der Waals surface area contributed by atoms with Crippen molar-refractivity contribution in [3.63, 3.8) is 0 Å². The number of nitrogens with zero attached hydrogens (tertiary/aromatic N) is 3. The first kappa shape index (κ1) is 22.7. The molecular weight excluding hydrogens is 462 g/mol. The maximum absolute atomic E-state index is 13.5. The van der Waals surface area contributed by atoms with Gasteiger partial charge in [0, 0.05) is 24.7 Å². The summed E-state index contributed by atoms with van der Waals surface area (Å²) in [5.41, 5.74) is 1.28. The van der Waals surface area contributed by atoms with Crippen molar-refractivity contribution in [2.24, 2.45) is 5.41 Å². The summed E-state index contributed by atoms with van der Waals surface area (Å²) in [5.74, 6) is 0.631. The van der Waals surface area contributed by atoms with Crippen LogP contribution in [0.15, 0.2) is 54.7 Å². The Morgan fingerprint density at radius 1 is 1.12 bits per heavy atom. The van der Waals surface area contributed by atoms with E-state index in [1.807, 2.05) is 35.0 Å². The summed E-state index contributed by atoms with van der Waals surface area (Å²) in [4.78, 5) is 2.14. The molecule has 0 radical (unpaired) electrons. The summed E-state index contributed by atoms with van der Waals surface area (Å²) in [6.45, 7) is 4.94. The van der Waals surface area contributed by atoms with Crippen LogP contribution in [0.3, 0.4) is 0 Å². The number of likely N-dealkylation sites (tertiary alicyclic amines) is 1. The number of hydrogen-bond acceptors (Lipinski definition) is 4. The molecule has 1 fully saturated rings. The van der Waals surface area contributed by atoms with Gasteiger partial charge in [-0.3, -0.25) is 4.90 Å². The first-order valence-corrected chi connectivity index (χ1v) is 12.0. The molecule has 5 atom stereocenters. The molecule has 0 saturated carbocycles. The van der Waals surface area contributed by atoms with E-state index in [4.69, 9.17) is 23.2 Å². The van der Waals surface area contributed by atoms with Gasteiger partial charge in [-0.2, -0.15) is 5.10 Å². The standard InChI is InChI=1S/C25H27Cl2FN4O/c1-15-25(2,24(33)31-13-3-4-21(31)16-5-8-18(28)9-6-16)23(32-22(30-15)11-12-29-32)17-7-10-19(26)20(27)14-17/h5-12,14-15,21,23-24,30,33H,3-4,13H2,1-2H3/t15?,21-,23?,24-,25-/m0/s1. The molecule has 174 valence electrons. The molecule has 2 N–H and O–H groups in total. The van der Waals surface area contributed by atoms with E-state index in [2.05, 4.69) is 29.2 Å². The van der Waals surface area contributed by atoms with Crippen LogP contribution in [0.2, 0.25) is 10.0 Å². The summed E-state index contributed by atoms with van der Waals surface area (Å²) in [6.07, 6.45) is 2.83. The van der Waals surface area contributed by atoms with Gasteiger partial charge in [0.1, 0.15) is 17.9 Å². The average molecular weight is 489 g/mol. The summed E-state index contributed by atoms with van der Waals surface area (Å²) < 4.78 is 15.5. The Hall–Kier alpha value is -2.12. The molecule has 5 rings (SSSR count). The number of halogens is 3. The third-order valence-electron chi connectivity index (χ3n) is 7.48. The average Bonchev–Trinajstić information content (AvgIpc) is 3.46. The van der Waals surface area contributed by atoms with Crippen LogP contribution in [0, 0.1) is 11.2 Å². The number of rotatable bonds is 4. The van der Waals surface area contributed by atoms with Crippen molar-refractivity contribution in [1.82, 2.24) is 14.7 Å². The second kappa shape index (κ2) is 8.58. The van der Waals surface area contributed by atoms with Crippen LogP contribution in [0.1, 0.15) is 49.9 Å². The van der Waals surface area contributed by atoms with E-state index in [1.165, 1.54) is 12.1 Å². The second-order valence-electron chi connectivity index (χ2n) is 9.29. The van der Waals surface area contributed by atoms with Crippen molar-refractivity contribution in [1.29, 1.82) is 0 Å². The van der Waals surface area contributed by atoms with Crippen LogP contribution >= 0.6 is 23.2 Å². The van der Waals surface area contributed by atoms with Gasteiger partial charge in [-0.1, -0.05) is 48.3 Å². The van der Waals surface area contributed by atoms with Gasteiger partial charge in [0.2, 0.25) is 0 Å². The predicted molar refractivity (Wildman–Crippen MR) is 129 cm³/mol. The minimum atomic E-state index is -0.797. The SMILES string of the molecule is CC1Nc2ccnn2C(c2ccc(Cl)c(Cl)c2)[C@@]1(C)[C@H](O)N1CCC[C@H]1c1ccc(F)cc1. The summed E-state index contributed by atoms with van der Waals surface area (Å²) in [6, 6.07) is 13.8. The number of fused-ring (bicyclic) bond motifs is 1. The summed E-state index contributed by atoms with van der Waals surface area (Å²) >= 11 is 12.6. The number of nitrogens with one attached hydrogen (secondary N) is 1. The predicted octanol–water partition coefficient (Wildman–Crippen LogP) is 5.89. The number of anilines is 1. The summed E-state index contributed by atoms with van der Waals surface area (Å²) in [7, 11) is 0. The number of aliphatic hydroxyl groups excluding tert-OH is 1. The van der Waals surface area contributed by atoms with Crippen LogP contribution < -0.4 is 5.32 Å². The van der Waals surface area contributed by atoms with Crippen LogP contribution in [0.25, 0.3) is 0 Å². The lowest BCUT2D eigenvalue weighted by atomic mass is 9.70. The molecule has 3 heterocycles. The maximum atomic E-state index is 13.5. The molecule has 2 aliphatic heterocycles. The molecular formula is C25H27Cl2FN4O. The van der Waals surface area contributed by atoms with E-state index in [0.717, 1.165) is 36.3 Å². The molecule has 0 spiro atoms. The fourth-order valence-corrected chi connectivity index (χ4v) is 5.85. The lowest BCUT2D eigenvalue weighted by Gasteiger charge is -2.52. The van der Waals surface area contributed by atoms with Crippen molar-refractivity contribution in [2.75, 3.05) is 11.9 Å². The van der Waals surface area contributed by atoms with Gasteiger partial charge in [0.05, 0.1) is 27.7 Å². The Kier molecular flexibility index (Phi) is 5.90. The van der Waals surface area contributed by atoms with Gasteiger partial charge in [-0.05, 0) is 55.2 Å². The monoisotopic (exact) mass is 488 g/mol. The number of aromatic nitrogens is 2. The molecule has 8 heteroatoms. The molecule has 5 nitrogen and oxygen atoms in total. The lowest BCUT2D eigenvalue weighted by Crippen LogP contribution is -2.59. The molecule has 2 aliphatic rings. The highest BCUT2D eigenvalue weighted by molar-refractivity contribution is 6.42. The van der Waals surface area contributed by atoms with Crippen LogP contribution in [0.5, 0.6) is 0 Å². The Balaban J connectivity index is 1.59. The van der Waals surface area contributed by atoms with Gasteiger partial charge in [-0.25, -0.2) is 9.07 Å². The van der Waals surface area contributed by atoms with Gasteiger partial charge in [-0.15, -0.1) is 0 Å². The zero-order valence-corrected chi connectivity index (χ0v) is 20.1. The van der Waals surface area contributed by atoms with Crippen molar-refractivity contribution < 1.29 is 9.50 Å². The van der Waals surface area contributed by atoms with Crippen molar-refractivity contribution in [3.05, 3.63) is 81.7 Å². The van der Waals surface area contributed by atoms with E-state index in [-0.39, 0.29) is 23.9 Å². The third-order valence-corrected chi connectivity index (χ3v) is 8.22. The van der Waals surface area contributed by atoms with E-state index in [0.29, 0.717) is 10.0 Å². The topological polar surface area (TPSA) is 53.3 Å². The molecule has 1 aromatic heterocycles. The van der Waals surface area contributed by atoms with Gasteiger partial charge in [0.15, 0.2) is 0 Å². The molecule has 33 heavy (non-hydrogen) atoms. The molecule has 0 aliphatic carbocycles. The molecule has 2 unspecified atom stereocenters. The summed E-state index contributed by atoms with van der Waals surface area (Å²) in [5, 5.41) is 21.1. The molecule has 3 aromatic rings. The number of aliphatic hydroxyl groups is 1. The second-order valence-corrected chi connectivity index (χ2v) is 10.1. The van der Waals surface area contributed by atoms with E-state index >= 15 is 0 Å². The number of hydrogen-bond donors (Lipinski definition) is 2. The normalized spacial score (nSPS) is 28.4. The van der Waals surface area contributed by atoms with E-state index in [9.17, 15) is 9.50 Å². The highest BCUT2D eigenvalue weighted by Gasteiger charge is 2.54. The highest BCUT2D eigenvalue weighted by atomic mass is 35.5. The Morgan fingerprint density at radius 2 is 1.85 bits per heavy atom. The third kappa shape index (κ3) is 3.73. The van der Waals surface area contributed by atoms with Crippen LogP contribution in [-0.4, -0.2) is 38.6 Å². The molecule has 0 amide bonds. The van der Waals surface area contributed by atoms with Crippen molar-refractivity contribution in [3.8, 4) is 0 Å². The van der Waals surface area contributed by atoms with Gasteiger partial charge in [0.25, 0.3) is 0 Å². The van der Waals surface area contributed by atoms with E-state index < -0.39 is 11.6 Å². The molecule has 2 aromatic carbocycles. The Bertz CT molecular complexity index is 1150. The first-order chi connectivity index (χ1) is 15.8. The molecule has 1 saturated heterocycles. The zero-order valence-electron chi connectivity index (χ0n) is 18.5. The zero-order chi connectivity index (χ0) is 23.3. The molecule has 0 bridgehead atoms. The van der Waals surface area contributed by atoms with Crippen LogP contribution in [-0.2, 0) is 0 Å². The Labute approximate surface area is 203 Å². The van der Waals surface area contributed by atoms with Crippen molar-refractivity contribution in [2.45, 2.75) is 51.0 Å². The smallest absolute Gasteiger partial charge is 0.125 e. The number of benzene rings is 2. The minimum Gasteiger partial charge on any atom is -0.378 e. The first-order valence-electron chi connectivity index (χ1n) is 11.2. The van der Waals surface area contributed by atoms with Gasteiger partial charge >= 0.3 is 0 Å². The lowest BCUT2D eigenvalue weighted by molar-refractivity contribution is -0.118. The minimum absolute atomic E-state index is 0.0121. The quantitative estimate of drug-likeness (QED) is 0.480. The van der Waals surface area contributed by atoms with Crippen LogP contribution in [0.4, 0.5) is 10.2 Å². The largest absolute Gasteiger partial charge is 0.378 e.